The molecule has 1 aliphatic carbocycles. The SMILES string of the molecule is Cn1ccnc1C(O)C1(N2CCOCC2)CCCC1. The third-order valence-corrected chi connectivity index (χ3v) is 4.72. The van der Waals surface area contributed by atoms with Gasteiger partial charge in [0.05, 0.1) is 18.8 Å². The molecule has 0 aromatic carbocycles. The summed E-state index contributed by atoms with van der Waals surface area (Å²) >= 11 is 0. The van der Waals surface area contributed by atoms with Crippen LogP contribution in [0.25, 0.3) is 0 Å². The van der Waals surface area contributed by atoms with E-state index in [9.17, 15) is 5.11 Å². The van der Waals surface area contributed by atoms with E-state index >= 15 is 0 Å². The van der Waals surface area contributed by atoms with Crippen molar-refractivity contribution in [2.45, 2.75) is 37.3 Å². The van der Waals surface area contributed by atoms with Crippen LogP contribution in [0.3, 0.4) is 0 Å². The molecule has 1 aromatic rings. The second-order valence-corrected chi connectivity index (χ2v) is 5.71. The van der Waals surface area contributed by atoms with E-state index in [1.165, 1.54) is 12.8 Å². The molecule has 5 heteroatoms. The lowest BCUT2D eigenvalue weighted by Gasteiger charge is -2.45. The Morgan fingerprint density at radius 3 is 2.58 bits per heavy atom. The highest BCUT2D eigenvalue weighted by Crippen LogP contribution is 2.44. The van der Waals surface area contributed by atoms with Gasteiger partial charge in [-0.25, -0.2) is 4.98 Å². The van der Waals surface area contributed by atoms with E-state index in [4.69, 9.17) is 4.74 Å². The molecule has 1 atom stereocenters. The molecule has 2 heterocycles. The Bertz CT molecular complexity index is 420. The van der Waals surface area contributed by atoms with Crippen LogP contribution in [0.2, 0.25) is 0 Å². The molecular formula is C14H23N3O2. The van der Waals surface area contributed by atoms with Crippen LogP contribution >= 0.6 is 0 Å². The van der Waals surface area contributed by atoms with Gasteiger partial charge in [-0.05, 0) is 12.8 Å². The van der Waals surface area contributed by atoms with Gasteiger partial charge in [0.25, 0.3) is 0 Å². The molecule has 5 nitrogen and oxygen atoms in total. The van der Waals surface area contributed by atoms with Gasteiger partial charge in [-0.1, -0.05) is 12.8 Å². The molecule has 1 aliphatic heterocycles. The Balaban J connectivity index is 1.89. The van der Waals surface area contributed by atoms with E-state index in [1.54, 1.807) is 6.20 Å². The van der Waals surface area contributed by atoms with Gasteiger partial charge in [-0.3, -0.25) is 4.90 Å². The monoisotopic (exact) mass is 265 g/mol. The number of nitrogens with zero attached hydrogens (tertiary/aromatic N) is 3. The van der Waals surface area contributed by atoms with Crippen molar-refractivity contribution in [2.24, 2.45) is 7.05 Å². The molecule has 1 saturated heterocycles. The van der Waals surface area contributed by atoms with Crippen LogP contribution in [0.15, 0.2) is 12.4 Å². The molecule has 0 amide bonds. The Morgan fingerprint density at radius 1 is 1.32 bits per heavy atom. The van der Waals surface area contributed by atoms with Crippen LogP contribution in [-0.4, -0.2) is 51.4 Å². The Morgan fingerprint density at radius 2 is 2.00 bits per heavy atom. The van der Waals surface area contributed by atoms with Crippen LogP contribution in [0.4, 0.5) is 0 Å². The molecular weight excluding hydrogens is 242 g/mol. The fraction of sp³-hybridized carbons (Fsp3) is 0.786. The fourth-order valence-corrected chi connectivity index (χ4v) is 3.64. The third-order valence-electron chi connectivity index (χ3n) is 4.72. The molecule has 0 spiro atoms. The number of rotatable bonds is 3. The summed E-state index contributed by atoms with van der Waals surface area (Å²) in [5, 5.41) is 10.9. The first-order valence-corrected chi connectivity index (χ1v) is 7.22. The van der Waals surface area contributed by atoms with Crippen molar-refractivity contribution in [1.82, 2.24) is 14.5 Å². The van der Waals surface area contributed by atoms with Gasteiger partial charge in [0.2, 0.25) is 0 Å². The van der Waals surface area contributed by atoms with E-state index < -0.39 is 6.10 Å². The maximum Gasteiger partial charge on any atom is 0.139 e. The van der Waals surface area contributed by atoms with Gasteiger partial charge in [0, 0.05) is 32.5 Å². The summed E-state index contributed by atoms with van der Waals surface area (Å²) in [5.41, 5.74) is -0.136. The largest absolute Gasteiger partial charge is 0.383 e. The minimum atomic E-state index is -0.506. The summed E-state index contributed by atoms with van der Waals surface area (Å²) in [6.45, 7) is 3.38. The second kappa shape index (κ2) is 5.23. The summed E-state index contributed by atoms with van der Waals surface area (Å²) in [5.74, 6) is 0.786. The molecule has 2 aliphatic rings. The lowest BCUT2D eigenvalue weighted by Crippen LogP contribution is -2.55. The van der Waals surface area contributed by atoms with Crippen LogP contribution in [0.5, 0.6) is 0 Å². The predicted molar refractivity (Wildman–Crippen MR) is 71.8 cm³/mol. The van der Waals surface area contributed by atoms with Gasteiger partial charge in [0.15, 0.2) is 0 Å². The number of hydrogen-bond donors (Lipinski definition) is 1. The standard InChI is InChI=1S/C14H23N3O2/c1-16-7-6-15-13(16)12(18)14(4-2-3-5-14)17-8-10-19-11-9-17/h6-7,12,18H,2-5,8-11H2,1H3. The summed E-state index contributed by atoms with van der Waals surface area (Å²) in [6.07, 6.45) is 7.66. The highest BCUT2D eigenvalue weighted by molar-refractivity contribution is 5.10. The number of aliphatic hydroxyl groups excluding tert-OH is 1. The number of imidazole rings is 1. The molecule has 1 aromatic heterocycles. The topological polar surface area (TPSA) is 50.5 Å². The Hall–Kier alpha value is -0.910. The first-order valence-electron chi connectivity index (χ1n) is 7.22. The zero-order chi connectivity index (χ0) is 13.3. The van der Waals surface area contributed by atoms with E-state index in [0.717, 1.165) is 45.0 Å². The van der Waals surface area contributed by atoms with Gasteiger partial charge in [0.1, 0.15) is 11.9 Å². The van der Waals surface area contributed by atoms with Crippen molar-refractivity contribution >= 4 is 0 Å². The Kier molecular flexibility index (Phi) is 3.60. The zero-order valence-corrected chi connectivity index (χ0v) is 11.6. The van der Waals surface area contributed by atoms with E-state index in [0.29, 0.717) is 0 Å². The van der Waals surface area contributed by atoms with Gasteiger partial charge < -0.3 is 14.4 Å². The normalized spacial score (nSPS) is 25.6. The Labute approximate surface area is 114 Å². The van der Waals surface area contributed by atoms with Crippen LogP contribution in [0, 0.1) is 0 Å². The van der Waals surface area contributed by atoms with Crippen molar-refractivity contribution in [2.75, 3.05) is 26.3 Å². The fourth-order valence-electron chi connectivity index (χ4n) is 3.64. The first-order chi connectivity index (χ1) is 9.24. The van der Waals surface area contributed by atoms with E-state index in [2.05, 4.69) is 9.88 Å². The molecule has 0 bridgehead atoms. The summed E-state index contributed by atoms with van der Waals surface area (Å²) in [4.78, 5) is 6.79. The summed E-state index contributed by atoms with van der Waals surface area (Å²) in [6, 6.07) is 0. The van der Waals surface area contributed by atoms with Crippen molar-refractivity contribution in [1.29, 1.82) is 0 Å². The van der Waals surface area contributed by atoms with Crippen molar-refractivity contribution in [3.8, 4) is 0 Å². The lowest BCUT2D eigenvalue weighted by molar-refractivity contribution is -0.0807. The van der Waals surface area contributed by atoms with E-state index in [-0.39, 0.29) is 5.54 Å². The molecule has 2 fully saturated rings. The smallest absolute Gasteiger partial charge is 0.139 e. The molecule has 1 unspecified atom stereocenters. The van der Waals surface area contributed by atoms with Crippen molar-refractivity contribution in [3.63, 3.8) is 0 Å². The number of aryl methyl sites for hydroxylation is 1. The maximum atomic E-state index is 10.9. The van der Waals surface area contributed by atoms with Gasteiger partial charge in [-0.15, -0.1) is 0 Å². The summed E-state index contributed by atoms with van der Waals surface area (Å²) in [7, 11) is 1.95. The van der Waals surface area contributed by atoms with Crippen LogP contribution < -0.4 is 0 Å². The lowest BCUT2D eigenvalue weighted by atomic mass is 9.87. The number of hydrogen-bond acceptors (Lipinski definition) is 4. The first kappa shape index (κ1) is 13.1. The number of ether oxygens (including phenoxy) is 1. The average molecular weight is 265 g/mol. The molecule has 0 radical (unpaired) electrons. The molecule has 1 saturated carbocycles. The number of aromatic nitrogens is 2. The second-order valence-electron chi connectivity index (χ2n) is 5.71. The maximum absolute atomic E-state index is 10.9. The van der Waals surface area contributed by atoms with E-state index in [1.807, 2.05) is 17.8 Å². The van der Waals surface area contributed by atoms with Crippen LogP contribution in [0.1, 0.15) is 37.6 Å². The van der Waals surface area contributed by atoms with Gasteiger partial charge in [-0.2, -0.15) is 0 Å². The zero-order valence-electron chi connectivity index (χ0n) is 11.6. The predicted octanol–water partition coefficient (Wildman–Crippen LogP) is 1.10. The highest BCUT2D eigenvalue weighted by Gasteiger charge is 2.47. The number of morpholine rings is 1. The number of aliphatic hydroxyl groups is 1. The minimum absolute atomic E-state index is 0.136. The highest BCUT2D eigenvalue weighted by atomic mass is 16.5. The van der Waals surface area contributed by atoms with Crippen LogP contribution in [-0.2, 0) is 11.8 Å². The average Bonchev–Trinajstić information content (AvgIpc) is 3.08. The van der Waals surface area contributed by atoms with Crippen molar-refractivity contribution < 1.29 is 9.84 Å². The quantitative estimate of drug-likeness (QED) is 0.889. The minimum Gasteiger partial charge on any atom is -0.383 e. The van der Waals surface area contributed by atoms with Gasteiger partial charge >= 0.3 is 0 Å². The summed E-state index contributed by atoms with van der Waals surface area (Å²) < 4.78 is 7.39. The molecule has 19 heavy (non-hydrogen) atoms. The molecule has 106 valence electrons. The molecule has 3 rings (SSSR count). The third kappa shape index (κ3) is 2.20. The molecule has 1 N–H and O–H groups in total. The van der Waals surface area contributed by atoms with Crippen molar-refractivity contribution in [3.05, 3.63) is 18.2 Å².